The van der Waals surface area contributed by atoms with E-state index in [0.717, 1.165) is 38.5 Å². The summed E-state index contributed by atoms with van der Waals surface area (Å²) in [6.45, 7) is 0. The maximum Gasteiger partial charge on any atom is 0.187 e. The number of benzene rings is 2. The maximum absolute atomic E-state index is 13.1. The first kappa shape index (κ1) is 17.7. The Hall–Kier alpha value is -3.36. The molecule has 29 heavy (non-hydrogen) atoms. The number of imidazole rings is 1. The number of nitrogens with zero attached hydrogens (tertiary/aromatic N) is 4. The van der Waals surface area contributed by atoms with Crippen molar-refractivity contribution in [3.05, 3.63) is 83.8 Å². The topological polar surface area (TPSA) is 55.6 Å². The first-order valence-electron chi connectivity index (χ1n) is 8.77. The van der Waals surface area contributed by atoms with Gasteiger partial charge < -0.3 is 9.88 Å². The Kier molecular flexibility index (Phi) is 4.63. The first-order valence-corrected chi connectivity index (χ1v) is 10.5. The zero-order valence-corrected chi connectivity index (χ0v) is 16.6. The molecule has 5 nitrogen and oxygen atoms in total. The fourth-order valence-corrected chi connectivity index (χ4v) is 4.40. The van der Waals surface area contributed by atoms with E-state index in [-0.39, 0.29) is 5.82 Å². The van der Waals surface area contributed by atoms with E-state index in [0.29, 0.717) is 0 Å². The lowest BCUT2D eigenvalue weighted by Crippen LogP contribution is -1.92. The quantitative estimate of drug-likeness (QED) is 0.379. The van der Waals surface area contributed by atoms with E-state index >= 15 is 0 Å². The third-order valence-electron chi connectivity index (χ3n) is 4.29. The standard InChI is InChI=1S/C21H14FN5S2/c22-15-3-1-14(2-4-15)18-11-28-20(25-18)19-12-29-21(26-19)24-16-5-7-17(8-6-16)27-10-9-23-13-27/h1-13H,(H,24,26). The summed E-state index contributed by atoms with van der Waals surface area (Å²) >= 11 is 3.05. The van der Waals surface area contributed by atoms with Crippen molar-refractivity contribution < 1.29 is 4.39 Å². The zero-order valence-electron chi connectivity index (χ0n) is 15.0. The molecule has 142 valence electrons. The average Bonchev–Trinajstić information content (AvgIpc) is 3.51. The molecular formula is C21H14FN5S2. The number of aromatic nitrogens is 4. The summed E-state index contributed by atoms with van der Waals surface area (Å²) in [6.07, 6.45) is 5.43. The van der Waals surface area contributed by atoms with Crippen LogP contribution in [-0.2, 0) is 0 Å². The number of hydrogen-bond acceptors (Lipinski definition) is 6. The molecule has 0 aliphatic heterocycles. The van der Waals surface area contributed by atoms with Crippen LogP contribution in [0, 0.1) is 5.82 Å². The molecule has 0 aliphatic carbocycles. The predicted molar refractivity (Wildman–Crippen MR) is 115 cm³/mol. The molecule has 0 bridgehead atoms. The molecule has 0 spiro atoms. The van der Waals surface area contributed by atoms with Crippen molar-refractivity contribution in [1.29, 1.82) is 0 Å². The molecule has 0 unspecified atom stereocenters. The van der Waals surface area contributed by atoms with Crippen molar-refractivity contribution in [2.24, 2.45) is 0 Å². The summed E-state index contributed by atoms with van der Waals surface area (Å²) in [7, 11) is 0. The minimum Gasteiger partial charge on any atom is -0.332 e. The Morgan fingerprint density at radius 3 is 2.41 bits per heavy atom. The summed E-state index contributed by atoms with van der Waals surface area (Å²) in [5.74, 6) is -0.252. The highest BCUT2D eigenvalue weighted by atomic mass is 32.1. The first-order chi connectivity index (χ1) is 14.2. The maximum atomic E-state index is 13.1. The van der Waals surface area contributed by atoms with Crippen LogP contribution in [0.4, 0.5) is 15.2 Å². The number of nitrogens with one attached hydrogen (secondary N) is 1. The molecule has 3 aromatic heterocycles. The van der Waals surface area contributed by atoms with E-state index in [2.05, 4.69) is 20.3 Å². The van der Waals surface area contributed by atoms with Gasteiger partial charge in [-0.15, -0.1) is 22.7 Å². The van der Waals surface area contributed by atoms with Crippen molar-refractivity contribution in [3.8, 4) is 27.6 Å². The van der Waals surface area contributed by atoms with Gasteiger partial charge in [-0.05, 0) is 48.5 Å². The van der Waals surface area contributed by atoms with Gasteiger partial charge >= 0.3 is 0 Å². The summed E-state index contributed by atoms with van der Waals surface area (Å²) in [4.78, 5) is 13.4. The lowest BCUT2D eigenvalue weighted by Gasteiger charge is -2.05. The highest BCUT2D eigenvalue weighted by Crippen LogP contribution is 2.32. The average molecular weight is 420 g/mol. The van der Waals surface area contributed by atoms with Crippen molar-refractivity contribution in [2.75, 3.05) is 5.32 Å². The van der Waals surface area contributed by atoms with Crippen LogP contribution in [0.2, 0.25) is 0 Å². The van der Waals surface area contributed by atoms with Crippen molar-refractivity contribution in [3.63, 3.8) is 0 Å². The molecule has 3 heterocycles. The highest BCUT2D eigenvalue weighted by Gasteiger charge is 2.11. The Morgan fingerprint density at radius 2 is 1.66 bits per heavy atom. The van der Waals surface area contributed by atoms with Gasteiger partial charge in [0.25, 0.3) is 0 Å². The predicted octanol–water partition coefficient (Wildman–Crippen LogP) is 6.00. The van der Waals surface area contributed by atoms with Crippen LogP contribution < -0.4 is 5.32 Å². The molecule has 5 aromatic rings. The fourth-order valence-electron chi connectivity index (χ4n) is 2.83. The Balaban J connectivity index is 1.31. The van der Waals surface area contributed by atoms with Crippen molar-refractivity contribution in [1.82, 2.24) is 19.5 Å². The normalized spacial score (nSPS) is 10.9. The number of hydrogen-bond donors (Lipinski definition) is 1. The molecule has 8 heteroatoms. The third kappa shape index (κ3) is 3.80. The molecule has 0 radical (unpaired) electrons. The molecule has 0 aliphatic rings. The minimum atomic E-state index is -0.252. The van der Waals surface area contributed by atoms with Gasteiger partial charge in [0.05, 0.1) is 12.0 Å². The van der Waals surface area contributed by atoms with Gasteiger partial charge in [-0.2, -0.15) is 0 Å². The van der Waals surface area contributed by atoms with Gasteiger partial charge in [0.15, 0.2) is 5.13 Å². The van der Waals surface area contributed by atoms with Crippen molar-refractivity contribution in [2.45, 2.75) is 0 Å². The molecular weight excluding hydrogens is 405 g/mol. The smallest absolute Gasteiger partial charge is 0.187 e. The van der Waals surface area contributed by atoms with E-state index < -0.39 is 0 Å². The van der Waals surface area contributed by atoms with Crippen LogP contribution in [0.15, 0.2) is 78.0 Å². The summed E-state index contributed by atoms with van der Waals surface area (Å²) in [5.41, 5.74) is 4.54. The number of halogens is 1. The van der Waals surface area contributed by atoms with E-state index in [1.165, 1.54) is 34.8 Å². The molecule has 1 N–H and O–H groups in total. The van der Waals surface area contributed by atoms with Crippen LogP contribution in [0.25, 0.3) is 27.6 Å². The second-order valence-corrected chi connectivity index (χ2v) is 7.94. The van der Waals surface area contributed by atoms with Crippen LogP contribution >= 0.6 is 22.7 Å². The lowest BCUT2D eigenvalue weighted by atomic mass is 10.2. The van der Waals surface area contributed by atoms with Crippen LogP contribution in [0.1, 0.15) is 0 Å². The van der Waals surface area contributed by atoms with Gasteiger partial charge in [0, 0.05) is 40.1 Å². The second-order valence-electron chi connectivity index (χ2n) is 6.22. The largest absolute Gasteiger partial charge is 0.332 e. The van der Waals surface area contributed by atoms with Crippen LogP contribution in [0.3, 0.4) is 0 Å². The summed E-state index contributed by atoms with van der Waals surface area (Å²) in [6, 6.07) is 14.4. The molecule has 5 rings (SSSR count). The molecule has 0 saturated carbocycles. The zero-order chi connectivity index (χ0) is 19.6. The lowest BCUT2D eigenvalue weighted by molar-refractivity contribution is 0.628. The second kappa shape index (κ2) is 7.57. The fraction of sp³-hybridized carbons (Fsp3) is 0. The number of thiazole rings is 2. The Morgan fingerprint density at radius 1 is 0.862 bits per heavy atom. The van der Waals surface area contributed by atoms with E-state index in [1.54, 1.807) is 24.7 Å². The monoisotopic (exact) mass is 419 g/mol. The molecule has 2 aromatic carbocycles. The van der Waals surface area contributed by atoms with E-state index in [9.17, 15) is 4.39 Å². The minimum absolute atomic E-state index is 0.252. The molecule has 0 amide bonds. The number of rotatable bonds is 5. The summed E-state index contributed by atoms with van der Waals surface area (Å²) in [5, 5.41) is 8.91. The summed E-state index contributed by atoms with van der Waals surface area (Å²) < 4.78 is 15.1. The third-order valence-corrected chi connectivity index (χ3v) is 5.91. The number of anilines is 2. The van der Waals surface area contributed by atoms with Crippen LogP contribution in [0.5, 0.6) is 0 Å². The van der Waals surface area contributed by atoms with Gasteiger partial charge in [0.2, 0.25) is 0 Å². The van der Waals surface area contributed by atoms with Gasteiger partial charge in [-0.3, -0.25) is 0 Å². The molecule has 0 atom stereocenters. The van der Waals surface area contributed by atoms with Gasteiger partial charge in [-0.1, -0.05) is 0 Å². The SMILES string of the molecule is Fc1ccc(-c2csc(-c3csc(Nc4ccc(-n5ccnc5)cc4)n3)n2)cc1. The Bertz CT molecular complexity index is 1230. The van der Waals surface area contributed by atoms with E-state index in [1.807, 2.05) is 45.8 Å². The van der Waals surface area contributed by atoms with Crippen LogP contribution in [-0.4, -0.2) is 19.5 Å². The van der Waals surface area contributed by atoms with Crippen molar-refractivity contribution >= 4 is 33.5 Å². The molecule has 0 saturated heterocycles. The Labute approximate surface area is 174 Å². The van der Waals surface area contributed by atoms with Gasteiger partial charge in [0.1, 0.15) is 16.5 Å². The highest BCUT2D eigenvalue weighted by molar-refractivity contribution is 7.15. The van der Waals surface area contributed by atoms with E-state index in [4.69, 9.17) is 0 Å². The molecule has 0 fully saturated rings. The van der Waals surface area contributed by atoms with Gasteiger partial charge in [-0.25, -0.2) is 19.3 Å².